The first-order chi connectivity index (χ1) is 9.15. The molecule has 0 aliphatic rings. The van der Waals surface area contributed by atoms with Crippen molar-refractivity contribution in [2.24, 2.45) is 0 Å². The minimum atomic E-state index is 0.709. The molecule has 98 valence electrons. The van der Waals surface area contributed by atoms with Crippen LogP contribution in [0, 0.1) is 4.77 Å². The number of halogens is 2. The van der Waals surface area contributed by atoms with Crippen molar-refractivity contribution in [1.82, 2.24) is 9.55 Å². The minimum Gasteiger partial charge on any atom is -0.329 e. The van der Waals surface area contributed by atoms with E-state index < -0.39 is 0 Å². The summed E-state index contributed by atoms with van der Waals surface area (Å²) in [6.45, 7) is 0.853. The number of thiophene rings is 1. The van der Waals surface area contributed by atoms with Crippen molar-refractivity contribution in [2.75, 3.05) is 0 Å². The molecular formula is C13H10BrClN2S2. The summed E-state index contributed by atoms with van der Waals surface area (Å²) < 4.78 is 3.98. The molecule has 3 rings (SSSR count). The van der Waals surface area contributed by atoms with Gasteiger partial charge in [-0.15, -0.1) is 11.3 Å². The fourth-order valence-electron chi connectivity index (χ4n) is 2.08. The lowest BCUT2D eigenvalue weighted by Gasteiger charge is -2.03. The van der Waals surface area contributed by atoms with Gasteiger partial charge in [0.2, 0.25) is 0 Å². The zero-order valence-corrected chi connectivity index (χ0v) is 13.8. The third-order valence-corrected chi connectivity index (χ3v) is 5.29. The largest absolute Gasteiger partial charge is 0.329 e. The normalized spacial score (nSPS) is 11.3. The molecule has 3 aromatic rings. The van der Waals surface area contributed by atoms with Gasteiger partial charge in [0, 0.05) is 11.4 Å². The van der Waals surface area contributed by atoms with Crippen LogP contribution in [0.3, 0.4) is 0 Å². The van der Waals surface area contributed by atoms with Crippen molar-refractivity contribution in [1.29, 1.82) is 0 Å². The number of imidazole rings is 1. The molecule has 0 saturated heterocycles. The predicted octanol–water partition coefficient (Wildman–Crippen LogP) is 5.42. The second kappa shape index (κ2) is 5.40. The topological polar surface area (TPSA) is 20.7 Å². The van der Waals surface area contributed by atoms with E-state index in [4.69, 9.17) is 23.8 Å². The van der Waals surface area contributed by atoms with Gasteiger partial charge in [-0.2, -0.15) is 0 Å². The van der Waals surface area contributed by atoms with Crippen molar-refractivity contribution >= 4 is 62.1 Å². The van der Waals surface area contributed by atoms with E-state index in [1.54, 1.807) is 11.3 Å². The van der Waals surface area contributed by atoms with Gasteiger partial charge in [-0.25, -0.2) is 0 Å². The fraction of sp³-hybridized carbons (Fsp3) is 0.154. The quantitative estimate of drug-likeness (QED) is 0.608. The van der Waals surface area contributed by atoms with E-state index in [0.717, 1.165) is 32.6 Å². The highest BCUT2D eigenvalue weighted by Crippen LogP contribution is 2.25. The summed E-state index contributed by atoms with van der Waals surface area (Å²) in [4.78, 5) is 4.51. The molecule has 0 saturated carbocycles. The molecule has 2 nitrogen and oxygen atoms in total. The molecular weight excluding hydrogens is 364 g/mol. The number of rotatable bonds is 3. The molecule has 0 aliphatic carbocycles. The van der Waals surface area contributed by atoms with Crippen molar-refractivity contribution in [3.63, 3.8) is 0 Å². The van der Waals surface area contributed by atoms with E-state index in [1.807, 2.05) is 18.2 Å². The molecule has 19 heavy (non-hydrogen) atoms. The molecule has 0 aliphatic heterocycles. The number of nitrogens with zero attached hydrogens (tertiary/aromatic N) is 1. The molecule has 2 aromatic heterocycles. The van der Waals surface area contributed by atoms with Crippen LogP contribution in [0.25, 0.3) is 11.0 Å². The maximum Gasteiger partial charge on any atom is 0.178 e. The summed E-state index contributed by atoms with van der Waals surface area (Å²) in [5.41, 5.74) is 1.98. The number of nitrogens with one attached hydrogen (secondary N) is 1. The molecule has 1 aromatic carbocycles. The summed E-state index contributed by atoms with van der Waals surface area (Å²) >= 11 is 16.8. The van der Waals surface area contributed by atoms with Gasteiger partial charge in [-0.05, 0) is 58.8 Å². The van der Waals surface area contributed by atoms with Crippen molar-refractivity contribution in [2.45, 2.75) is 13.0 Å². The van der Waals surface area contributed by atoms with E-state index >= 15 is 0 Å². The average molecular weight is 374 g/mol. The first-order valence-electron chi connectivity index (χ1n) is 5.76. The van der Waals surface area contributed by atoms with Crippen LogP contribution >= 0.6 is 51.1 Å². The Labute approximate surface area is 133 Å². The van der Waals surface area contributed by atoms with Gasteiger partial charge >= 0.3 is 0 Å². The highest BCUT2D eigenvalue weighted by molar-refractivity contribution is 9.11. The van der Waals surface area contributed by atoms with Gasteiger partial charge in [-0.1, -0.05) is 17.7 Å². The van der Waals surface area contributed by atoms with Crippen LogP contribution in [0.1, 0.15) is 4.88 Å². The summed E-state index contributed by atoms with van der Waals surface area (Å²) in [7, 11) is 0. The number of aryl methyl sites for hydroxylation is 2. The lowest BCUT2D eigenvalue weighted by Crippen LogP contribution is -2.00. The molecule has 0 bridgehead atoms. The lowest BCUT2D eigenvalue weighted by atomic mass is 10.3. The van der Waals surface area contributed by atoms with Crippen LogP contribution in [0.15, 0.2) is 34.1 Å². The molecule has 0 amide bonds. The second-order valence-corrected chi connectivity index (χ2v) is 7.51. The second-order valence-electron chi connectivity index (χ2n) is 4.17. The smallest absolute Gasteiger partial charge is 0.178 e. The Morgan fingerprint density at radius 3 is 2.89 bits per heavy atom. The minimum absolute atomic E-state index is 0.709. The highest BCUT2D eigenvalue weighted by atomic mass is 79.9. The van der Waals surface area contributed by atoms with Gasteiger partial charge in [0.25, 0.3) is 0 Å². The fourth-order valence-corrected chi connectivity index (χ4v) is 4.06. The van der Waals surface area contributed by atoms with E-state index in [1.165, 1.54) is 4.88 Å². The van der Waals surface area contributed by atoms with Crippen molar-refractivity contribution < 1.29 is 0 Å². The number of H-pyrrole nitrogens is 1. The van der Waals surface area contributed by atoms with Gasteiger partial charge in [-0.3, -0.25) is 0 Å². The summed E-state index contributed by atoms with van der Waals surface area (Å²) in [5.74, 6) is 0. The third kappa shape index (κ3) is 2.65. The molecule has 0 fully saturated rings. The Morgan fingerprint density at radius 1 is 1.32 bits per heavy atom. The Bertz CT molecular complexity index is 787. The number of fused-ring (bicyclic) bond motifs is 1. The van der Waals surface area contributed by atoms with Crippen LogP contribution in [-0.4, -0.2) is 9.55 Å². The SMILES string of the molecule is S=c1[nH]c2c(Cl)cccc2n1CCc1ccc(Br)s1. The zero-order chi connectivity index (χ0) is 13.4. The van der Waals surface area contributed by atoms with Crippen LogP contribution < -0.4 is 0 Å². The number of benzene rings is 1. The average Bonchev–Trinajstić information content (AvgIpc) is 2.92. The summed E-state index contributed by atoms with van der Waals surface area (Å²) in [5, 5.41) is 0.709. The monoisotopic (exact) mass is 372 g/mol. The third-order valence-electron chi connectivity index (χ3n) is 2.97. The van der Waals surface area contributed by atoms with Gasteiger partial charge in [0.1, 0.15) is 0 Å². The van der Waals surface area contributed by atoms with E-state index in [9.17, 15) is 0 Å². The van der Waals surface area contributed by atoms with Crippen LogP contribution in [0.4, 0.5) is 0 Å². The number of hydrogen-bond acceptors (Lipinski definition) is 2. The molecule has 0 radical (unpaired) electrons. The van der Waals surface area contributed by atoms with Gasteiger partial charge in [0.05, 0.1) is 19.8 Å². The molecule has 2 heterocycles. The number of aromatic nitrogens is 2. The summed E-state index contributed by atoms with van der Waals surface area (Å²) in [6.07, 6.45) is 0.962. The van der Waals surface area contributed by atoms with Crippen molar-refractivity contribution in [3.8, 4) is 0 Å². The standard InChI is InChI=1S/C13H10BrClN2S2/c14-11-5-4-8(19-11)6-7-17-10-3-1-2-9(15)12(10)16-13(17)18/h1-5H,6-7H2,(H,16,18). The molecule has 0 atom stereocenters. The van der Waals surface area contributed by atoms with E-state index in [2.05, 4.69) is 37.6 Å². The molecule has 0 unspecified atom stereocenters. The Kier molecular flexibility index (Phi) is 3.80. The predicted molar refractivity (Wildman–Crippen MR) is 87.9 cm³/mol. The maximum absolute atomic E-state index is 6.17. The molecule has 1 N–H and O–H groups in total. The Hall–Kier alpha value is -0.620. The first kappa shape index (κ1) is 13.4. The molecule has 0 spiro atoms. The lowest BCUT2D eigenvalue weighted by molar-refractivity contribution is 0.712. The van der Waals surface area contributed by atoms with Crippen molar-refractivity contribution in [3.05, 3.63) is 48.8 Å². The Morgan fingerprint density at radius 2 is 2.16 bits per heavy atom. The van der Waals surface area contributed by atoms with Gasteiger partial charge in [0.15, 0.2) is 4.77 Å². The maximum atomic E-state index is 6.17. The number of hydrogen-bond donors (Lipinski definition) is 1. The van der Waals surface area contributed by atoms with Crippen LogP contribution in [-0.2, 0) is 13.0 Å². The Balaban J connectivity index is 1.95. The van der Waals surface area contributed by atoms with E-state index in [-0.39, 0.29) is 0 Å². The van der Waals surface area contributed by atoms with Gasteiger partial charge < -0.3 is 9.55 Å². The summed E-state index contributed by atoms with van der Waals surface area (Å²) in [6, 6.07) is 10.1. The number of para-hydroxylation sites is 1. The van der Waals surface area contributed by atoms with Crippen LogP contribution in [0.2, 0.25) is 5.02 Å². The van der Waals surface area contributed by atoms with E-state index in [0.29, 0.717) is 5.02 Å². The van der Waals surface area contributed by atoms with Crippen LogP contribution in [0.5, 0.6) is 0 Å². The molecule has 6 heteroatoms. The highest BCUT2D eigenvalue weighted by Gasteiger charge is 2.07. The zero-order valence-electron chi connectivity index (χ0n) is 9.82. The number of aromatic amines is 1. The first-order valence-corrected chi connectivity index (χ1v) is 8.16.